The minimum atomic E-state index is -0.489. The second-order valence-corrected chi connectivity index (χ2v) is 3.85. The van der Waals surface area contributed by atoms with Crippen LogP contribution in [0.4, 0.5) is 5.69 Å². The smallest absolute Gasteiger partial charge is 0.248 e. The first-order valence-corrected chi connectivity index (χ1v) is 5.33. The summed E-state index contributed by atoms with van der Waals surface area (Å²) in [5.41, 5.74) is 12.7. The molecule has 1 aromatic carbocycles. The number of carbonyl (C=O) groups excluding carboxylic acids is 1. The van der Waals surface area contributed by atoms with Gasteiger partial charge in [-0.2, -0.15) is 0 Å². The van der Waals surface area contributed by atoms with Crippen LogP contribution in [0.25, 0.3) is 0 Å². The molecule has 5 nitrogen and oxygen atoms in total. The zero-order valence-electron chi connectivity index (χ0n) is 10.1. The van der Waals surface area contributed by atoms with E-state index in [9.17, 15) is 4.79 Å². The largest absolute Gasteiger partial charge is 0.398 e. The highest BCUT2D eigenvalue weighted by Crippen LogP contribution is 2.15. The van der Waals surface area contributed by atoms with Crippen molar-refractivity contribution in [3.63, 3.8) is 0 Å². The van der Waals surface area contributed by atoms with E-state index in [-0.39, 0.29) is 6.10 Å². The molecule has 1 atom stereocenters. The van der Waals surface area contributed by atoms with Crippen LogP contribution in [0.1, 0.15) is 22.8 Å². The third kappa shape index (κ3) is 4.05. The Morgan fingerprint density at radius 3 is 2.71 bits per heavy atom. The quantitative estimate of drug-likeness (QED) is 0.721. The van der Waals surface area contributed by atoms with Crippen molar-refractivity contribution >= 4 is 11.6 Å². The number of anilines is 1. The van der Waals surface area contributed by atoms with E-state index in [0.29, 0.717) is 24.5 Å². The minimum absolute atomic E-state index is 0.00443. The average Bonchev–Trinajstić information content (AvgIpc) is 2.27. The molecule has 0 aliphatic heterocycles. The van der Waals surface area contributed by atoms with Crippen LogP contribution in [-0.2, 0) is 16.1 Å². The first kappa shape index (κ1) is 13.5. The number of rotatable bonds is 6. The Kier molecular flexibility index (Phi) is 4.93. The summed E-state index contributed by atoms with van der Waals surface area (Å²) in [5, 5.41) is 0. The maximum Gasteiger partial charge on any atom is 0.248 e. The summed E-state index contributed by atoms with van der Waals surface area (Å²) in [5.74, 6) is -0.489. The Morgan fingerprint density at radius 2 is 2.18 bits per heavy atom. The van der Waals surface area contributed by atoms with Crippen molar-refractivity contribution in [1.29, 1.82) is 0 Å². The normalized spacial score (nSPS) is 12.4. The summed E-state index contributed by atoms with van der Waals surface area (Å²) in [6.07, 6.45) is -0.00443. The van der Waals surface area contributed by atoms with Crippen LogP contribution in [0.2, 0.25) is 0 Å². The van der Waals surface area contributed by atoms with Crippen LogP contribution in [0, 0.1) is 0 Å². The van der Waals surface area contributed by atoms with Crippen molar-refractivity contribution in [3.05, 3.63) is 29.3 Å². The summed E-state index contributed by atoms with van der Waals surface area (Å²) >= 11 is 0. The molecule has 1 rings (SSSR count). The summed E-state index contributed by atoms with van der Waals surface area (Å²) in [6.45, 7) is 2.83. The number of nitrogens with two attached hydrogens (primary N) is 2. The molecule has 1 amide bonds. The molecule has 4 N–H and O–H groups in total. The number of primary amides is 1. The van der Waals surface area contributed by atoms with Crippen molar-refractivity contribution in [2.75, 3.05) is 19.5 Å². The maximum absolute atomic E-state index is 10.9. The highest BCUT2D eigenvalue weighted by molar-refractivity contribution is 5.93. The molecular weight excluding hydrogens is 220 g/mol. The van der Waals surface area contributed by atoms with Crippen LogP contribution >= 0.6 is 0 Å². The molecule has 0 aliphatic rings. The molecule has 0 aromatic heterocycles. The summed E-state index contributed by atoms with van der Waals surface area (Å²) in [4.78, 5) is 10.9. The van der Waals surface area contributed by atoms with Gasteiger partial charge in [-0.1, -0.05) is 6.07 Å². The molecule has 0 saturated carbocycles. The third-order valence-electron chi connectivity index (χ3n) is 2.36. The van der Waals surface area contributed by atoms with Gasteiger partial charge in [0, 0.05) is 23.9 Å². The van der Waals surface area contributed by atoms with Crippen LogP contribution in [0.3, 0.4) is 0 Å². The lowest BCUT2D eigenvalue weighted by Crippen LogP contribution is -2.15. The molecular formula is C12H18N2O3. The van der Waals surface area contributed by atoms with Crippen LogP contribution in [0.5, 0.6) is 0 Å². The minimum Gasteiger partial charge on any atom is -0.398 e. The predicted octanol–water partition coefficient (Wildman–Crippen LogP) is 0.919. The Morgan fingerprint density at radius 1 is 1.47 bits per heavy atom. The van der Waals surface area contributed by atoms with E-state index in [1.54, 1.807) is 25.3 Å². The van der Waals surface area contributed by atoms with Gasteiger partial charge in [-0.25, -0.2) is 0 Å². The van der Waals surface area contributed by atoms with E-state index >= 15 is 0 Å². The molecule has 17 heavy (non-hydrogen) atoms. The fraction of sp³-hybridized carbons (Fsp3) is 0.417. The number of hydrogen-bond donors (Lipinski definition) is 2. The number of amides is 1. The van der Waals surface area contributed by atoms with Gasteiger partial charge in [0.25, 0.3) is 0 Å². The lowest BCUT2D eigenvalue weighted by atomic mass is 10.1. The average molecular weight is 238 g/mol. The van der Waals surface area contributed by atoms with E-state index < -0.39 is 5.91 Å². The van der Waals surface area contributed by atoms with Crippen LogP contribution in [0.15, 0.2) is 18.2 Å². The molecule has 5 heteroatoms. The van der Waals surface area contributed by atoms with Gasteiger partial charge in [0.05, 0.1) is 19.3 Å². The van der Waals surface area contributed by atoms with E-state index in [2.05, 4.69) is 0 Å². The topological polar surface area (TPSA) is 87.6 Å². The van der Waals surface area contributed by atoms with Gasteiger partial charge < -0.3 is 20.9 Å². The third-order valence-corrected chi connectivity index (χ3v) is 2.36. The fourth-order valence-corrected chi connectivity index (χ4v) is 1.39. The molecule has 0 radical (unpaired) electrons. The lowest BCUT2D eigenvalue weighted by Gasteiger charge is -2.13. The van der Waals surface area contributed by atoms with Gasteiger partial charge in [0.2, 0.25) is 5.91 Å². The standard InChI is InChI=1S/C12H18N2O3/c1-8(6-16-2)17-7-10-4-3-9(12(14)15)5-11(10)13/h3-5,8H,6-7,13H2,1-2H3,(H2,14,15). The van der Waals surface area contributed by atoms with Crippen LogP contribution < -0.4 is 11.5 Å². The van der Waals surface area contributed by atoms with Gasteiger partial charge in [-0.15, -0.1) is 0 Å². The number of carbonyl (C=O) groups is 1. The maximum atomic E-state index is 10.9. The summed E-state index contributed by atoms with van der Waals surface area (Å²) in [6, 6.07) is 4.94. The molecule has 1 aromatic rings. The Labute approximate surface area is 101 Å². The highest BCUT2D eigenvalue weighted by Gasteiger charge is 2.07. The van der Waals surface area contributed by atoms with E-state index in [0.717, 1.165) is 5.56 Å². The number of methoxy groups -OCH3 is 1. The molecule has 0 bridgehead atoms. The summed E-state index contributed by atoms with van der Waals surface area (Å²) < 4.78 is 10.5. The lowest BCUT2D eigenvalue weighted by molar-refractivity contribution is 0.0000849. The number of benzene rings is 1. The SMILES string of the molecule is COCC(C)OCc1ccc(C(N)=O)cc1N. The molecule has 0 saturated heterocycles. The zero-order chi connectivity index (χ0) is 12.8. The van der Waals surface area contributed by atoms with Gasteiger partial charge in [0.15, 0.2) is 0 Å². The van der Waals surface area contributed by atoms with E-state index in [1.807, 2.05) is 6.92 Å². The van der Waals surface area contributed by atoms with Crippen molar-refractivity contribution in [1.82, 2.24) is 0 Å². The van der Waals surface area contributed by atoms with Crippen molar-refractivity contribution < 1.29 is 14.3 Å². The second kappa shape index (κ2) is 6.22. The monoisotopic (exact) mass is 238 g/mol. The first-order chi connectivity index (χ1) is 8.04. The molecule has 0 spiro atoms. The zero-order valence-corrected chi connectivity index (χ0v) is 10.1. The van der Waals surface area contributed by atoms with Crippen LogP contribution in [-0.4, -0.2) is 25.7 Å². The van der Waals surface area contributed by atoms with E-state index in [1.165, 1.54) is 0 Å². The van der Waals surface area contributed by atoms with Gasteiger partial charge in [-0.3, -0.25) is 4.79 Å². The summed E-state index contributed by atoms with van der Waals surface area (Å²) in [7, 11) is 1.62. The molecule has 94 valence electrons. The Bertz CT molecular complexity index is 393. The van der Waals surface area contributed by atoms with Crippen molar-refractivity contribution in [2.24, 2.45) is 5.73 Å². The number of ether oxygens (including phenoxy) is 2. The molecule has 0 heterocycles. The molecule has 0 fully saturated rings. The highest BCUT2D eigenvalue weighted by atomic mass is 16.5. The molecule has 0 aliphatic carbocycles. The van der Waals surface area contributed by atoms with Gasteiger partial charge in [0.1, 0.15) is 0 Å². The first-order valence-electron chi connectivity index (χ1n) is 5.33. The van der Waals surface area contributed by atoms with Crippen molar-refractivity contribution in [2.45, 2.75) is 19.6 Å². The Balaban J connectivity index is 2.63. The predicted molar refractivity (Wildman–Crippen MR) is 65.5 cm³/mol. The number of hydrogen-bond acceptors (Lipinski definition) is 4. The van der Waals surface area contributed by atoms with Gasteiger partial charge in [-0.05, 0) is 19.1 Å². The van der Waals surface area contributed by atoms with Gasteiger partial charge >= 0.3 is 0 Å². The Hall–Kier alpha value is -1.59. The fourth-order valence-electron chi connectivity index (χ4n) is 1.39. The van der Waals surface area contributed by atoms with E-state index in [4.69, 9.17) is 20.9 Å². The molecule has 1 unspecified atom stereocenters. The number of nitrogen functional groups attached to an aromatic ring is 1. The van der Waals surface area contributed by atoms with Crippen molar-refractivity contribution in [3.8, 4) is 0 Å². The second-order valence-electron chi connectivity index (χ2n) is 3.85.